The predicted molar refractivity (Wildman–Crippen MR) is 94.6 cm³/mol. The van der Waals surface area contributed by atoms with E-state index < -0.39 is 29.5 Å². The van der Waals surface area contributed by atoms with Crippen molar-refractivity contribution >= 4 is 11.7 Å². The van der Waals surface area contributed by atoms with Crippen molar-refractivity contribution in [3.8, 4) is 11.5 Å². The van der Waals surface area contributed by atoms with Crippen molar-refractivity contribution in [3.05, 3.63) is 53.3 Å². The van der Waals surface area contributed by atoms with Gasteiger partial charge in [0.05, 0.1) is 14.2 Å². The molecule has 6 nitrogen and oxygen atoms in total. The van der Waals surface area contributed by atoms with E-state index in [1.54, 1.807) is 18.2 Å². The molecule has 2 aromatic rings. The smallest absolute Gasteiger partial charge is 0.319 e. The van der Waals surface area contributed by atoms with E-state index in [2.05, 4.69) is 10.6 Å². The lowest BCUT2D eigenvalue weighted by Gasteiger charge is -2.15. The summed E-state index contributed by atoms with van der Waals surface area (Å²) in [7, 11) is 2.97. The molecule has 0 saturated heterocycles. The highest BCUT2D eigenvalue weighted by molar-refractivity contribution is 5.89. The minimum absolute atomic E-state index is 0.00242. The second-order valence-corrected chi connectivity index (χ2v) is 5.73. The molecular formula is C18H20F3N3O3. The van der Waals surface area contributed by atoms with E-state index in [9.17, 15) is 18.0 Å². The zero-order chi connectivity index (χ0) is 20.0. The Bertz CT molecular complexity index is 818. The molecule has 2 rings (SSSR count). The van der Waals surface area contributed by atoms with Gasteiger partial charge in [-0.3, -0.25) is 0 Å². The third kappa shape index (κ3) is 5.52. The van der Waals surface area contributed by atoms with E-state index in [1.165, 1.54) is 14.2 Å². The van der Waals surface area contributed by atoms with E-state index >= 15 is 0 Å². The van der Waals surface area contributed by atoms with Gasteiger partial charge in [0, 0.05) is 30.4 Å². The highest BCUT2D eigenvalue weighted by Crippen LogP contribution is 2.29. The van der Waals surface area contributed by atoms with Crippen molar-refractivity contribution in [1.82, 2.24) is 5.32 Å². The summed E-state index contributed by atoms with van der Waals surface area (Å²) in [5.41, 5.74) is 6.22. The summed E-state index contributed by atoms with van der Waals surface area (Å²) in [6.45, 7) is -0.00242. The molecule has 0 radical (unpaired) electrons. The number of hydrogen-bond acceptors (Lipinski definition) is 4. The first-order valence-corrected chi connectivity index (χ1v) is 8.00. The van der Waals surface area contributed by atoms with Crippen molar-refractivity contribution in [3.63, 3.8) is 0 Å². The molecule has 0 aliphatic heterocycles. The van der Waals surface area contributed by atoms with Crippen LogP contribution < -0.4 is 25.8 Å². The molecule has 0 aromatic heterocycles. The number of halogens is 3. The lowest BCUT2D eigenvalue weighted by molar-refractivity contribution is 0.251. The molecule has 0 aliphatic rings. The summed E-state index contributed by atoms with van der Waals surface area (Å²) in [6, 6.07) is 4.82. The van der Waals surface area contributed by atoms with Crippen LogP contribution >= 0.6 is 0 Å². The summed E-state index contributed by atoms with van der Waals surface area (Å²) >= 11 is 0. The van der Waals surface area contributed by atoms with Gasteiger partial charge in [-0.15, -0.1) is 0 Å². The second kappa shape index (κ2) is 9.13. The molecule has 2 aromatic carbocycles. The highest BCUT2D eigenvalue weighted by atomic mass is 19.2. The maximum absolute atomic E-state index is 13.6. The first-order valence-electron chi connectivity index (χ1n) is 8.00. The Labute approximate surface area is 154 Å². The van der Waals surface area contributed by atoms with Gasteiger partial charge < -0.3 is 25.8 Å². The first-order chi connectivity index (χ1) is 12.8. The maximum atomic E-state index is 13.6. The minimum Gasteiger partial charge on any atom is -0.493 e. The first kappa shape index (κ1) is 20.4. The molecule has 0 unspecified atom stereocenters. The number of ether oxygens (including phenoxy) is 2. The van der Waals surface area contributed by atoms with Gasteiger partial charge in [0.2, 0.25) is 0 Å². The zero-order valence-electron chi connectivity index (χ0n) is 14.8. The standard InChI is InChI=1S/C18H20F3N3O3/c1-26-16-4-3-12(7-17(16)27-2)24-18(25)23-9-11(22)5-10-6-14(20)15(21)8-13(10)19/h3-4,6-8,11H,5,9,22H2,1-2H3,(H2,23,24,25)/t11-/m1/s1. The van der Waals surface area contributed by atoms with Gasteiger partial charge in [0.25, 0.3) is 0 Å². The van der Waals surface area contributed by atoms with Crippen LogP contribution in [0.3, 0.4) is 0 Å². The van der Waals surface area contributed by atoms with Crippen molar-refractivity contribution < 1.29 is 27.4 Å². The van der Waals surface area contributed by atoms with Crippen molar-refractivity contribution in [2.24, 2.45) is 5.73 Å². The number of anilines is 1. The number of benzene rings is 2. The van der Waals surface area contributed by atoms with Gasteiger partial charge in [-0.05, 0) is 30.2 Å². The number of nitrogens with two attached hydrogens (primary N) is 1. The van der Waals surface area contributed by atoms with Crippen LogP contribution in [0.15, 0.2) is 30.3 Å². The summed E-state index contributed by atoms with van der Waals surface area (Å²) < 4.78 is 50.0. The minimum atomic E-state index is -1.27. The van der Waals surface area contributed by atoms with E-state index in [0.717, 1.165) is 6.07 Å². The van der Waals surface area contributed by atoms with Crippen molar-refractivity contribution in [2.45, 2.75) is 12.5 Å². The lowest BCUT2D eigenvalue weighted by atomic mass is 10.1. The van der Waals surface area contributed by atoms with E-state index in [1.807, 2.05) is 0 Å². The zero-order valence-corrected chi connectivity index (χ0v) is 14.8. The van der Waals surface area contributed by atoms with Crippen molar-refractivity contribution in [2.75, 3.05) is 26.1 Å². The van der Waals surface area contributed by atoms with Crippen LogP contribution in [0, 0.1) is 17.5 Å². The number of amides is 2. The molecule has 4 N–H and O–H groups in total. The number of hydrogen-bond donors (Lipinski definition) is 3. The molecule has 0 saturated carbocycles. The van der Waals surface area contributed by atoms with E-state index in [-0.39, 0.29) is 18.5 Å². The summed E-state index contributed by atoms with van der Waals surface area (Å²) in [5, 5.41) is 5.12. The average Bonchev–Trinajstić information content (AvgIpc) is 2.64. The molecule has 2 amide bonds. The molecule has 27 heavy (non-hydrogen) atoms. The van der Waals surface area contributed by atoms with E-state index in [4.69, 9.17) is 15.2 Å². The van der Waals surface area contributed by atoms with Crippen LogP contribution in [0.25, 0.3) is 0 Å². The summed E-state index contributed by atoms with van der Waals surface area (Å²) in [6.07, 6.45) is -0.0698. The SMILES string of the molecule is COc1ccc(NC(=O)NC[C@H](N)Cc2cc(F)c(F)cc2F)cc1OC. The Hall–Kier alpha value is -2.94. The number of rotatable bonds is 7. The van der Waals surface area contributed by atoms with Crippen LogP contribution in [-0.4, -0.2) is 32.8 Å². The topological polar surface area (TPSA) is 85.6 Å². The monoisotopic (exact) mass is 383 g/mol. The van der Waals surface area contributed by atoms with E-state index in [0.29, 0.717) is 23.3 Å². The Balaban J connectivity index is 1.89. The fourth-order valence-corrected chi connectivity index (χ4v) is 2.39. The van der Waals surface area contributed by atoms with Crippen LogP contribution in [0.5, 0.6) is 11.5 Å². The Morgan fingerprint density at radius 2 is 1.70 bits per heavy atom. The second-order valence-electron chi connectivity index (χ2n) is 5.73. The molecule has 0 fully saturated rings. The molecular weight excluding hydrogens is 363 g/mol. The maximum Gasteiger partial charge on any atom is 0.319 e. The van der Waals surface area contributed by atoms with Crippen molar-refractivity contribution in [1.29, 1.82) is 0 Å². The van der Waals surface area contributed by atoms with Gasteiger partial charge in [-0.1, -0.05) is 0 Å². The number of carbonyl (C=O) groups is 1. The van der Waals surface area contributed by atoms with Gasteiger partial charge >= 0.3 is 6.03 Å². The van der Waals surface area contributed by atoms with Gasteiger partial charge in [0.15, 0.2) is 23.1 Å². The Kier molecular flexibility index (Phi) is 6.89. The molecule has 146 valence electrons. The summed E-state index contributed by atoms with van der Waals surface area (Å²) in [5.74, 6) is -2.35. The van der Waals surface area contributed by atoms with Gasteiger partial charge in [-0.2, -0.15) is 0 Å². The molecule has 9 heteroatoms. The third-order valence-electron chi connectivity index (χ3n) is 3.74. The lowest BCUT2D eigenvalue weighted by Crippen LogP contribution is -2.40. The quantitative estimate of drug-likeness (QED) is 0.642. The normalized spacial score (nSPS) is 11.6. The van der Waals surface area contributed by atoms with Gasteiger partial charge in [-0.25, -0.2) is 18.0 Å². The van der Waals surface area contributed by atoms with Crippen LogP contribution in [0.4, 0.5) is 23.7 Å². The summed E-state index contributed by atoms with van der Waals surface area (Å²) in [4.78, 5) is 12.0. The van der Waals surface area contributed by atoms with Crippen LogP contribution in [-0.2, 0) is 6.42 Å². The average molecular weight is 383 g/mol. The van der Waals surface area contributed by atoms with Crippen LogP contribution in [0.2, 0.25) is 0 Å². The molecule has 0 bridgehead atoms. The van der Waals surface area contributed by atoms with Crippen LogP contribution in [0.1, 0.15) is 5.56 Å². The predicted octanol–water partition coefficient (Wildman–Crippen LogP) is 2.81. The molecule has 0 spiro atoms. The Morgan fingerprint density at radius 1 is 1.04 bits per heavy atom. The number of nitrogens with one attached hydrogen (secondary N) is 2. The third-order valence-corrected chi connectivity index (χ3v) is 3.74. The fraction of sp³-hybridized carbons (Fsp3) is 0.278. The number of urea groups is 1. The Morgan fingerprint density at radius 3 is 2.37 bits per heavy atom. The largest absolute Gasteiger partial charge is 0.493 e. The number of methoxy groups -OCH3 is 2. The highest BCUT2D eigenvalue weighted by Gasteiger charge is 2.14. The molecule has 0 aliphatic carbocycles. The number of carbonyl (C=O) groups excluding carboxylic acids is 1. The van der Waals surface area contributed by atoms with Gasteiger partial charge in [0.1, 0.15) is 5.82 Å². The molecule has 1 atom stereocenters. The molecule has 0 heterocycles. The fourth-order valence-electron chi connectivity index (χ4n) is 2.39.